The Morgan fingerprint density at radius 1 is 1.14 bits per heavy atom. The highest BCUT2D eigenvalue weighted by atomic mass is 16.1. The van der Waals surface area contributed by atoms with E-state index in [-0.39, 0.29) is 11.8 Å². The molecule has 1 aromatic rings. The van der Waals surface area contributed by atoms with Crippen molar-refractivity contribution in [3.05, 3.63) is 35.4 Å². The second-order valence-electron chi connectivity index (χ2n) is 6.30. The third kappa shape index (κ3) is 5.16. The van der Waals surface area contributed by atoms with Crippen molar-refractivity contribution in [3.63, 3.8) is 0 Å². The summed E-state index contributed by atoms with van der Waals surface area (Å²) < 4.78 is 0. The van der Waals surface area contributed by atoms with Crippen molar-refractivity contribution in [2.45, 2.75) is 39.0 Å². The van der Waals surface area contributed by atoms with E-state index >= 15 is 0 Å². The van der Waals surface area contributed by atoms with E-state index in [9.17, 15) is 4.79 Å². The molecule has 1 amide bonds. The Morgan fingerprint density at radius 2 is 1.81 bits per heavy atom. The van der Waals surface area contributed by atoms with Gasteiger partial charge in [-0.15, -0.1) is 0 Å². The third-order valence-electron chi connectivity index (χ3n) is 4.54. The van der Waals surface area contributed by atoms with Crippen LogP contribution in [0, 0.1) is 18.8 Å². The Morgan fingerprint density at radius 3 is 2.43 bits per heavy atom. The van der Waals surface area contributed by atoms with Gasteiger partial charge in [0, 0.05) is 12.5 Å². The molecule has 0 aliphatic heterocycles. The lowest BCUT2D eigenvalue weighted by Crippen LogP contribution is -2.35. The predicted molar refractivity (Wildman–Crippen MR) is 87.3 cm³/mol. The average molecular weight is 288 g/mol. The fourth-order valence-corrected chi connectivity index (χ4v) is 3.15. The molecular weight excluding hydrogens is 260 g/mol. The first-order chi connectivity index (χ1) is 10.2. The van der Waals surface area contributed by atoms with Crippen molar-refractivity contribution in [3.8, 4) is 0 Å². The van der Waals surface area contributed by atoms with E-state index in [4.69, 9.17) is 0 Å². The second kappa shape index (κ2) is 8.18. The van der Waals surface area contributed by atoms with Gasteiger partial charge in [0.2, 0.25) is 5.91 Å². The van der Waals surface area contributed by atoms with Crippen molar-refractivity contribution in [2.24, 2.45) is 11.8 Å². The quantitative estimate of drug-likeness (QED) is 0.845. The summed E-state index contributed by atoms with van der Waals surface area (Å²) in [6.07, 6.45) is 5.36. The molecule has 3 nitrogen and oxygen atoms in total. The summed E-state index contributed by atoms with van der Waals surface area (Å²) in [6.45, 7) is 3.93. The highest BCUT2D eigenvalue weighted by molar-refractivity contribution is 5.78. The fraction of sp³-hybridized carbons (Fsp3) is 0.611. The van der Waals surface area contributed by atoms with E-state index in [1.165, 1.54) is 24.0 Å². The molecule has 0 unspecified atom stereocenters. The molecule has 0 radical (unpaired) electrons. The van der Waals surface area contributed by atoms with Gasteiger partial charge >= 0.3 is 0 Å². The molecule has 2 rings (SSSR count). The zero-order valence-corrected chi connectivity index (χ0v) is 13.3. The highest BCUT2D eigenvalue weighted by Crippen LogP contribution is 2.28. The third-order valence-corrected chi connectivity index (χ3v) is 4.54. The second-order valence-corrected chi connectivity index (χ2v) is 6.30. The number of carbonyl (C=O) groups is 1. The van der Waals surface area contributed by atoms with E-state index < -0.39 is 0 Å². The Labute approximate surface area is 128 Å². The topological polar surface area (TPSA) is 41.1 Å². The molecule has 21 heavy (non-hydrogen) atoms. The van der Waals surface area contributed by atoms with Crippen molar-refractivity contribution in [1.29, 1.82) is 0 Å². The number of hydrogen-bond donors (Lipinski definition) is 2. The summed E-state index contributed by atoms with van der Waals surface area (Å²) in [5, 5.41) is 6.35. The number of benzene rings is 1. The van der Waals surface area contributed by atoms with Crippen LogP contribution in [0.5, 0.6) is 0 Å². The van der Waals surface area contributed by atoms with Crippen LogP contribution in [0.1, 0.15) is 36.8 Å². The van der Waals surface area contributed by atoms with Crippen LogP contribution in [-0.2, 0) is 11.2 Å². The molecule has 0 saturated heterocycles. The molecule has 116 valence electrons. The number of carbonyl (C=O) groups excluding carboxylic acids is 1. The van der Waals surface area contributed by atoms with Crippen molar-refractivity contribution >= 4 is 5.91 Å². The van der Waals surface area contributed by atoms with Crippen LogP contribution in [0.15, 0.2) is 24.3 Å². The number of aryl methyl sites for hydroxylation is 1. The molecule has 1 fully saturated rings. The molecule has 0 atom stereocenters. The van der Waals surface area contributed by atoms with E-state index in [2.05, 4.69) is 41.8 Å². The maximum absolute atomic E-state index is 12.2. The minimum Gasteiger partial charge on any atom is -0.356 e. The summed E-state index contributed by atoms with van der Waals surface area (Å²) in [5.74, 6) is 1.24. The number of rotatable bonds is 6. The Bertz CT molecular complexity index is 433. The summed E-state index contributed by atoms with van der Waals surface area (Å²) in [6, 6.07) is 8.54. The molecule has 0 heterocycles. The van der Waals surface area contributed by atoms with Gasteiger partial charge in [-0.1, -0.05) is 29.8 Å². The minimum absolute atomic E-state index is 0.233. The van der Waals surface area contributed by atoms with Crippen LogP contribution in [0.3, 0.4) is 0 Å². The first kappa shape index (κ1) is 16.0. The van der Waals surface area contributed by atoms with Crippen LogP contribution in [-0.4, -0.2) is 26.0 Å². The first-order valence-corrected chi connectivity index (χ1v) is 8.17. The zero-order chi connectivity index (χ0) is 15.1. The smallest absolute Gasteiger partial charge is 0.223 e. The van der Waals surface area contributed by atoms with E-state index in [0.717, 1.165) is 38.3 Å². The first-order valence-electron chi connectivity index (χ1n) is 8.17. The summed E-state index contributed by atoms with van der Waals surface area (Å²) in [4.78, 5) is 12.2. The Kier molecular flexibility index (Phi) is 6.24. The summed E-state index contributed by atoms with van der Waals surface area (Å²) in [7, 11) is 2.00. The molecule has 0 spiro atoms. The maximum Gasteiger partial charge on any atom is 0.223 e. The molecule has 2 N–H and O–H groups in total. The van der Waals surface area contributed by atoms with Gasteiger partial charge < -0.3 is 10.6 Å². The Balaban J connectivity index is 1.67. The lowest BCUT2D eigenvalue weighted by atomic mass is 9.81. The molecule has 1 aliphatic carbocycles. The number of nitrogens with one attached hydrogen (secondary N) is 2. The van der Waals surface area contributed by atoms with Gasteiger partial charge in [0.1, 0.15) is 0 Å². The van der Waals surface area contributed by atoms with Gasteiger partial charge in [0.15, 0.2) is 0 Å². The lowest BCUT2D eigenvalue weighted by Gasteiger charge is -2.27. The summed E-state index contributed by atoms with van der Waals surface area (Å²) >= 11 is 0. The average Bonchev–Trinajstić information content (AvgIpc) is 2.50. The van der Waals surface area contributed by atoms with Crippen LogP contribution >= 0.6 is 0 Å². The molecule has 0 aromatic heterocycles. The van der Waals surface area contributed by atoms with Gasteiger partial charge in [-0.3, -0.25) is 4.79 Å². The molecule has 1 aliphatic rings. The van der Waals surface area contributed by atoms with Gasteiger partial charge in [0.25, 0.3) is 0 Å². The normalized spacial score (nSPS) is 22.0. The molecule has 0 bridgehead atoms. The van der Waals surface area contributed by atoms with E-state index in [0.29, 0.717) is 0 Å². The highest BCUT2D eigenvalue weighted by Gasteiger charge is 2.25. The SMILES string of the molecule is CNCC1CCC(C(=O)NCCc2ccc(C)cc2)CC1. The molecular formula is C18H28N2O. The van der Waals surface area contributed by atoms with Crippen molar-refractivity contribution < 1.29 is 4.79 Å². The fourth-order valence-electron chi connectivity index (χ4n) is 3.15. The standard InChI is InChI=1S/C18H28N2O/c1-14-3-5-15(6-4-14)11-12-20-18(21)17-9-7-16(8-10-17)13-19-2/h3-6,16-17,19H,7-13H2,1-2H3,(H,20,21). The van der Waals surface area contributed by atoms with Gasteiger partial charge in [-0.2, -0.15) is 0 Å². The maximum atomic E-state index is 12.2. The van der Waals surface area contributed by atoms with Gasteiger partial charge in [-0.25, -0.2) is 0 Å². The summed E-state index contributed by atoms with van der Waals surface area (Å²) in [5.41, 5.74) is 2.57. The lowest BCUT2D eigenvalue weighted by molar-refractivity contribution is -0.126. The van der Waals surface area contributed by atoms with Crippen LogP contribution in [0.2, 0.25) is 0 Å². The Hall–Kier alpha value is -1.35. The largest absolute Gasteiger partial charge is 0.356 e. The number of hydrogen-bond acceptors (Lipinski definition) is 2. The van der Waals surface area contributed by atoms with Crippen LogP contribution < -0.4 is 10.6 Å². The zero-order valence-electron chi connectivity index (χ0n) is 13.3. The molecule has 3 heteroatoms. The van der Waals surface area contributed by atoms with E-state index in [1.807, 2.05) is 7.05 Å². The van der Waals surface area contributed by atoms with Crippen molar-refractivity contribution in [2.75, 3.05) is 20.1 Å². The predicted octanol–water partition coefficient (Wildman–Crippen LogP) is 2.68. The minimum atomic E-state index is 0.233. The van der Waals surface area contributed by atoms with Crippen LogP contribution in [0.4, 0.5) is 0 Å². The van der Waals surface area contributed by atoms with Gasteiger partial charge in [0.05, 0.1) is 0 Å². The van der Waals surface area contributed by atoms with E-state index in [1.54, 1.807) is 0 Å². The van der Waals surface area contributed by atoms with Crippen molar-refractivity contribution in [1.82, 2.24) is 10.6 Å². The molecule has 1 aromatic carbocycles. The number of amides is 1. The van der Waals surface area contributed by atoms with Gasteiger partial charge in [-0.05, 0) is 64.1 Å². The van der Waals surface area contributed by atoms with Crippen LogP contribution in [0.25, 0.3) is 0 Å². The monoisotopic (exact) mass is 288 g/mol. The molecule has 1 saturated carbocycles.